The van der Waals surface area contributed by atoms with Gasteiger partial charge in [-0.05, 0) is 24.7 Å². The molecular formula is C13H20N2O4. The van der Waals surface area contributed by atoms with Gasteiger partial charge in [-0.1, -0.05) is 11.6 Å². The molecule has 19 heavy (non-hydrogen) atoms. The predicted molar refractivity (Wildman–Crippen MR) is 67.5 cm³/mol. The molecule has 0 aromatic carbocycles. The van der Waals surface area contributed by atoms with E-state index in [1.807, 2.05) is 0 Å². The van der Waals surface area contributed by atoms with Crippen LogP contribution in [0.1, 0.15) is 35.5 Å². The lowest BCUT2D eigenvalue weighted by Crippen LogP contribution is -2.31. The van der Waals surface area contributed by atoms with E-state index in [0.717, 1.165) is 19.3 Å². The van der Waals surface area contributed by atoms with Crippen LogP contribution >= 0.6 is 0 Å². The van der Waals surface area contributed by atoms with E-state index in [9.17, 15) is 9.90 Å². The number of aromatic nitrogens is 1. The normalized spacial score (nSPS) is 22.6. The first-order valence-corrected chi connectivity index (χ1v) is 6.58. The van der Waals surface area contributed by atoms with Crippen molar-refractivity contribution in [1.82, 2.24) is 10.5 Å². The van der Waals surface area contributed by atoms with E-state index in [0.29, 0.717) is 30.7 Å². The molecule has 1 aromatic heterocycles. The van der Waals surface area contributed by atoms with Gasteiger partial charge in [-0.15, -0.1) is 0 Å². The summed E-state index contributed by atoms with van der Waals surface area (Å²) in [6.45, 7) is 1.08. The summed E-state index contributed by atoms with van der Waals surface area (Å²) in [4.78, 5) is 11.9. The minimum absolute atomic E-state index is 0.197. The monoisotopic (exact) mass is 268 g/mol. The molecule has 6 heteroatoms. The minimum atomic E-state index is -0.241. The lowest BCUT2D eigenvalue weighted by molar-refractivity contribution is 0.0928. The van der Waals surface area contributed by atoms with Crippen LogP contribution in [-0.4, -0.2) is 36.4 Å². The summed E-state index contributed by atoms with van der Waals surface area (Å²) < 4.78 is 9.86. The SMILES string of the molecule is COCc1cc(C(=O)NCC2CCCC2CO)no1. The summed E-state index contributed by atoms with van der Waals surface area (Å²) in [5.41, 5.74) is 0.269. The molecule has 1 aliphatic carbocycles. The van der Waals surface area contributed by atoms with Crippen LogP contribution in [0.15, 0.2) is 10.6 Å². The molecule has 1 amide bonds. The van der Waals surface area contributed by atoms with E-state index in [2.05, 4.69) is 10.5 Å². The van der Waals surface area contributed by atoms with Gasteiger partial charge < -0.3 is 19.7 Å². The summed E-state index contributed by atoms with van der Waals surface area (Å²) in [6.07, 6.45) is 3.21. The van der Waals surface area contributed by atoms with Crippen LogP contribution in [0, 0.1) is 11.8 Å². The van der Waals surface area contributed by atoms with E-state index in [1.165, 1.54) is 0 Å². The third-order valence-electron chi connectivity index (χ3n) is 3.65. The number of rotatable bonds is 6. The molecule has 1 fully saturated rings. The summed E-state index contributed by atoms with van der Waals surface area (Å²) in [5.74, 6) is 0.956. The molecule has 2 atom stereocenters. The van der Waals surface area contributed by atoms with E-state index in [-0.39, 0.29) is 18.2 Å². The van der Waals surface area contributed by atoms with Crippen molar-refractivity contribution >= 4 is 5.91 Å². The minimum Gasteiger partial charge on any atom is -0.396 e. The fourth-order valence-corrected chi connectivity index (χ4v) is 2.57. The zero-order valence-electron chi connectivity index (χ0n) is 11.1. The van der Waals surface area contributed by atoms with Crippen molar-refractivity contribution in [3.63, 3.8) is 0 Å². The van der Waals surface area contributed by atoms with Gasteiger partial charge in [-0.2, -0.15) is 0 Å². The van der Waals surface area contributed by atoms with E-state index < -0.39 is 0 Å². The highest BCUT2D eigenvalue weighted by Crippen LogP contribution is 2.30. The maximum absolute atomic E-state index is 11.9. The number of methoxy groups -OCH3 is 1. The maximum Gasteiger partial charge on any atom is 0.273 e. The first-order chi connectivity index (χ1) is 9.24. The van der Waals surface area contributed by atoms with Crippen molar-refractivity contribution in [2.45, 2.75) is 25.9 Å². The van der Waals surface area contributed by atoms with E-state index in [4.69, 9.17) is 9.26 Å². The van der Waals surface area contributed by atoms with Crippen LogP contribution in [-0.2, 0) is 11.3 Å². The third kappa shape index (κ3) is 3.54. The van der Waals surface area contributed by atoms with Crippen molar-refractivity contribution in [3.05, 3.63) is 17.5 Å². The number of nitrogens with zero attached hydrogens (tertiary/aromatic N) is 1. The zero-order chi connectivity index (χ0) is 13.7. The molecule has 1 aromatic rings. The van der Waals surface area contributed by atoms with Gasteiger partial charge >= 0.3 is 0 Å². The number of carbonyl (C=O) groups excluding carboxylic acids is 1. The van der Waals surface area contributed by atoms with Gasteiger partial charge in [0.25, 0.3) is 5.91 Å². The molecule has 6 nitrogen and oxygen atoms in total. The number of hydrogen-bond donors (Lipinski definition) is 2. The Morgan fingerprint density at radius 2 is 2.37 bits per heavy atom. The summed E-state index contributed by atoms with van der Waals surface area (Å²) in [7, 11) is 1.55. The Morgan fingerprint density at radius 1 is 1.58 bits per heavy atom. The Balaban J connectivity index is 1.83. The number of nitrogens with one attached hydrogen (secondary N) is 1. The van der Waals surface area contributed by atoms with Gasteiger partial charge in [0.05, 0.1) is 0 Å². The van der Waals surface area contributed by atoms with Crippen LogP contribution in [0.2, 0.25) is 0 Å². The predicted octanol–water partition coefficient (Wildman–Crippen LogP) is 0.959. The first-order valence-electron chi connectivity index (χ1n) is 6.58. The molecule has 0 radical (unpaired) electrons. The Bertz CT molecular complexity index is 419. The van der Waals surface area contributed by atoms with Crippen molar-refractivity contribution in [2.75, 3.05) is 20.3 Å². The van der Waals surface area contributed by atoms with Crippen molar-refractivity contribution < 1.29 is 19.2 Å². The maximum atomic E-state index is 11.9. The number of ether oxygens (including phenoxy) is 1. The number of hydrogen-bond acceptors (Lipinski definition) is 5. The fraction of sp³-hybridized carbons (Fsp3) is 0.692. The second kappa shape index (κ2) is 6.68. The molecule has 2 N–H and O–H groups in total. The molecule has 0 spiro atoms. The second-order valence-electron chi connectivity index (χ2n) is 4.96. The molecular weight excluding hydrogens is 248 g/mol. The van der Waals surface area contributed by atoms with E-state index >= 15 is 0 Å². The molecule has 1 saturated carbocycles. The topological polar surface area (TPSA) is 84.6 Å². The zero-order valence-corrected chi connectivity index (χ0v) is 11.1. The molecule has 1 aliphatic rings. The highest BCUT2D eigenvalue weighted by molar-refractivity contribution is 5.92. The Hall–Kier alpha value is -1.40. The molecule has 2 rings (SSSR count). The summed E-state index contributed by atoms with van der Waals surface area (Å²) in [5, 5.41) is 15.8. The van der Waals surface area contributed by atoms with Gasteiger partial charge in [0.15, 0.2) is 11.5 Å². The highest BCUT2D eigenvalue weighted by atomic mass is 16.5. The van der Waals surface area contributed by atoms with Gasteiger partial charge in [-0.3, -0.25) is 4.79 Å². The van der Waals surface area contributed by atoms with Gasteiger partial charge in [-0.25, -0.2) is 0 Å². The van der Waals surface area contributed by atoms with Crippen LogP contribution < -0.4 is 5.32 Å². The van der Waals surface area contributed by atoms with Crippen molar-refractivity contribution in [2.24, 2.45) is 11.8 Å². The van der Waals surface area contributed by atoms with Crippen LogP contribution in [0.4, 0.5) is 0 Å². The second-order valence-corrected chi connectivity index (χ2v) is 4.96. The van der Waals surface area contributed by atoms with E-state index in [1.54, 1.807) is 13.2 Å². The average molecular weight is 268 g/mol. The first kappa shape index (κ1) is 14.0. The summed E-state index contributed by atoms with van der Waals surface area (Å²) >= 11 is 0. The molecule has 0 aliphatic heterocycles. The Labute approximate surface area is 112 Å². The van der Waals surface area contributed by atoms with Crippen molar-refractivity contribution in [1.29, 1.82) is 0 Å². The lowest BCUT2D eigenvalue weighted by atomic mass is 9.97. The molecule has 0 bridgehead atoms. The van der Waals surface area contributed by atoms with Crippen LogP contribution in [0.3, 0.4) is 0 Å². The average Bonchev–Trinajstić information content (AvgIpc) is 3.04. The Kier molecular flexibility index (Phi) is 4.93. The highest BCUT2D eigenvalue weighted by Gasteiger charge is 2.27. The van der Waals surface area contributed by atoms with Gasteiger partial charge in [0.1, 0.15) is 6.61 Å². The van der Waals surface area contributed by atoms with Gasteiger partial charge in [0, 0.05) is 26.3 Å². The number of carbonyl (C=O) groups is 1. The Morgan fingerprint density at radius 3 is 3.11 bits per heavy atom. The third-order valence-corrected chi connectivity index (χ3v) is 3.65. The molecule has 106 valence electrons. The standard InChI is InChI=1S/C13H20N2O4/c1-18-8-11-5-12(15-19-11)13(17)14-6-9-3-2-4-10(9)7-16/h5,9-10,16H,2-4,6-8H2,1H3,(H,14,17). The van der Waals surface area contributed by atoms with Crippen LogP contribution in [0.5, 0.6) is 0 Å². The number of aliphatic hydroxyl groups is 1. The van der Waals surface area contributed by atoms with Crippen molar-refractivity contribution in [3.8, 4) is 0 Å². The van der Waals surface area contributed by atoms with Crippen LogP contribution in [0.25, 0.3) is 0 Å². The lowest BCUT2D eigenvalue weighted by Gasteiger charge is -2.17. The molecule has 2 unspecified atom stereocenters. The fourth-order valence-electron chi connectivity index (χ4n) is 2.57. The smallest absolute Gasteiger partial charge is 0.273 e. The number of aliphatic hydroxyl groups excluding tert-OH is 1. The van der Waals surface area contributed by atoms with Gasteiger partial charge in [0.2, 0.25) is 0 Å². The molecule has 0 saturated heterocycles. The quantitative estimate of drug-likeness (QED) is 0.802. The number of amides is 1. The largest absolute Gasteiger partial charge is 0.396 e. The summed E-state index contributed by atoms with van der Waals surface area (Å²) in [6, 6.07) is 1.58. The molecule has 1 heterocycles.